The third kappa shape index (κ3) is 5.65. The van der Waals surface area contributed by atoms with Crippen LogP contribution in [0.4, 0.5) is 0 Å². The van der Waals surface area contributed by atoms with Gasteiger partial charge in [0.25, 0.3) is 0 Å². The Hall–Kier alpha value is -7.95. The number of aromatic nitrogens is 3. The second-order valence-corrected chi connectivity index (χ2v) is 15.2. The van der Waals surface area contributed by atoms with Crippen molar-refractivity contribution in [3.63, 3.8) is 0 Å². The van der Waals surface area contributed by atoms with E-state index in [-0.39, 0.29) is 0 Å². The van der Waals surface area contributed by atoms with Crippen LogP contribution in [0.5, 0.6) is 0 Å². The fraction of sp³-hybridized carbons (Fsp3) is 0. The van der Waals surface area contributed by atoms with Crippen LogP contribution in [0.25, 0.3) is 121 Å². The Balaban J connectivity index is 1.11. The molecule has 0 aliphatic heterocycles. The standard InChI is InChI=1S/C55H33N3O/c1-2-13-38(14-3-1)53-56-54(44-25-22-37-21-20-36-12-8-9-17-45(36)48(37)32-44)58-55(57-53)47-28-29-49-52(51(47)43-24-19-35-11-5-7-16-40(35)31-43)46-27-26-42(33-50(46)59-49)41-23-18-34-10-4-6-15-39(34)30-41/h1-33H. The molecule has 12 rings (SSSR count). The topological polar surface area (TPSA) is 51.8 Å². The van der Waals surface area contributed by atoms with Crippen molar-refractivity contribution in [2.45, 2.75) is 0 Å². The van der Waals surface area contributed by atoms with Crippen LogP contribution >= 0.6 is 0 Å². The maximum Gasteiger partial charge on any atom is 0.164 e. The number of benzene rings is 10. The van der Waals surface area contributed by atoms with Crippen LogP contribution in [-0.4, -0.2) is 15.0 Å². The third-order valence-corrected chi connectivity index (χ3v) is 11.7. The van der Waals surface area contributed by atoms with Crippen LogP contribution in [0.1, 0.15) is 0 Å². The van der Waals surface area contributed by atoms with E-state index in [0.717, 1.165) is 71.7 Å². The molecule has 0 aliphatic rings. The molecule has 0 fully saturated rings. The molecule has 4 heteroatoms. The van der Waals surface area contributed by atoms with Crippen molar-refractivity contribution in [1.29, 1.82) is 0 Å². The Kier molecular flexibility index (Phi) is 7.50. The van der Waals surface area contributed by atoms with Gasteiger partial charge in [0.05, 0.1) is 0 Å². The number of hydrogen-bond donors (Lipinski definition) is 0. The molecule has 0 radical (unpaired) electrons. The van der Waals surface area contributed by atoms with Gasteiger partial charge in [-0.15, -0.1) is 0 Å². The average molecular weight is 752 g/mol. The maximum atomic E-state index is 6.75. The van der Waals surface area contributed by atoms with E-state index in [4.69, 9.17) is 19.4 Å². The van der Waals surface area contributed by atoms with Crippen molar-refractivity contribution in [2.75, 3.05) is 0 Å². The van der Waals surface area contributed by atoms with Crippen LogP contribution in [0.3, 0.4) is 0 Å². The first kappa shape index (κ1) is 33.2. The molecule has 0 atom stereocenters. The van der Waals surface area contributed by atoms with Crippen LogP contribution in [0.15, 0.2) is 205 Å². The number of nitrogens with zero attached hydrogens (tertiary/aromatic N) is 3. The largest absolute Gasteiger partial charge is 0.456 e. The zero-order valence-electron chi connectivity index (χ0n) is 31.8. The summed E-state index contributed by atoms with van der Waals surface area (Å²) in [4.78, 5) is 15.7. The van der Waals surface area contributed by atoms with Crippen molar-refractivity contribution in [3.8, 4) is 56.4 Å². The van der Waals surface area contributed by atoms with E-state index in [9.17, 15) is 0 Å². The van der Waals surface area contributed by atoms with E-state index >= 15 is 0 Å². The summed E-state index contributed by atoms with van der Waals surface area (Å²) in [6.07, 6.45) is 0. The van der Waals surface area contributed by atoms with Gasteiger partial charge in [0.15, 0.2) is 17.5 Å². The zero-order valence-corrected chi connectivity index (χ0v) is 31.8. The highest BCUT2D eigenvalue weighted by atomic mass is 16.3. The second kappa shape index (κ2) is 13.3. The van der Waals surface area contributed by atoms with Crippen LogP contribution in [-0.2, 0) is 0 Å². The van der Waals surface area contributed by atoms with Crippen molar-refractivity contribution >= 4 is 65.0 Å². The first-order valence-electron chi connectivity index (χ1n) is 19.9. The Labute approximate surface area is 339 Å². The van der Waals surface area contributed by atoms with Gasteiger partial charge in [0.2, 0.25) is 0 Å². The number of rotatable bonds is 5. The van der Waals surface area contributed by atoms with Crippen molar-refractivity contribution in [2.24, 2.45) is 0 Å². The Morgan fingerprint density at radius 2 is 0.831 bits per heavy atom. The summed E-state index contributed by atoms with van der Waals surface area (Å²) in [5.41, 5.74) is 8.72. The highest BCUT2D eigenvalue weighted by molar-refractivity contribution is 6.17. The molecule has 12 aromatic rings. The molecular formula is C55H33N3O. The Morgan fingerprint density at radius 1 is 0.288 bits per heavy atom. The van der Waals surface area contributed by atoms with Gasteiger partial charge in [-0.2, -0.15) is 0 Å². The summed E-state index contributed by atoms with van der Waals surface area (Å²) in [5.74, 6) is 1.83. The lowest BCUT2D eigenvalue weighted by molar-refractivity contribution is 0.669. The minimum Gasteiger partial charge on any atom is -0.456 e. The van der Waals surface area contributed by atoms with Crippen LogP contribution in [0.2, 0.25) is 0 Å². The molecule has 0 saturated carbocycles. The predicted molar refractivity (Wildman–Crippen MR) is 244 cm³/mol. The molecule has 2 aromatic heterocycles. The van der Waals surface area contributed by atoms with Gasteiger partial charge in [0.1, 0.15) is 11.2 Å². The molecule has 0 saturated heterocycles. The smallest absolute Gasteiger partial charge is 0.164 e. The lowest BCUT2D eigenvalue weighted by Crippen LogP contribution is -2.01. The van der Waals surface area contributed by atoms with Gasteiger partial charge in [-0.3, -0.25) is 0 Å². The summed E-state index contributed by atoms with van der Waals surface area (Å²) < 4.78 is 6.75. The lowest BCUT2D eigenvalue weighted by atomic mass is 9.92. The van der Waals surface area contributed by atoms with Crippen molar-refractivity contribution in [3.05, 3.63) is 200 Å². The summed E-state index contributed by atoms with van der Waals surface area (Å²) in [6.45, 7) is 0. The van der Waals surface area contributed by atoms with Gasteiger partial charge < -0.3 is 4.42 Å². The third-order valence-electron chi connectivity index (χ3n) is 11.7. The minimum atomic E-state index is 0.596. The molecule has 0 amide bonds. The first-order valence-corrected chi connectivity index (χ1v) is 19.9. The minimum absolute atomic E-state index is 0.596. The lowest BCUT2D eigenvalue weighted by Gasteiger charge is -2.14. The monoisotopic (exact) mass is 751 g/mol. The summed E-state index contributed by atoms with van der Waals surface area (Å²) in [5, 5.41) is 11.6. The second-order valence-electron chi connectivity index (χ2n) is 15.2. The van der Waals surface area contributed by atoms with E-state index < -0.39 is 0 Å². The molecule has 0 N–H and O–H groups in total. The summed E-state index contributed by atoms with van der Waals surface area (Å²) in [6, 6.07) is 70.6. The first-order chi connectivity index (χ1) is 29.2. The van der Waals surface area contributed by atoms with E-state index in [1.165, 1.54) is 32.3 Å². The molecule has 274 valence electrons. The van der Waals surface area contributed by atoms with Gasteiger partial charge >= 0.3 is 0 Å². The summed E-state index contributed by atoms with van der Waals surface area (Å²) >= 11 is 0. The molecule has 0 aliphatic carbocycles. The molecule has 2 heterocycles. The van der Waals surface area contributed by atoms with Gasteiger partial charge in [0, 0.05) is 33.0 Å². The Morgan fingerprint density at radius 3 is 1.61 bits per heavy atom. The van der Waals surface area contributed by atoms with Gasteiger partial charge in [-0.25, -0.2) is 15.0 Å². The maximum absolute atomic E-state index is 6.75. The van der Waals surface area contributed by atoms with E-state index in [1.54, 1.807) is 0 Å². The number of fused-ring (bicyclic) bond motifs is 8. The molecule has 4 nitrogen and oxygen atoms in total. The van der Waals surface area contributed by atoms with Crippen LogP contribution in [0, 0.1) is 0 Å². The molecule has 0 unspecified atom stereocenters. The van der Waals surface area contributed by atoms with Crippen LogP contribution < -0.4 is 0 Å². The molecule has 0 bridgehead atoms. The SMILES string of the molecule is c1ccc(-c2nc(-c3ccc4ccc5ccccc5c4c3)nc(-c3ccc4oc5cc(-c6ccc7ccccc7c6)ccc5c4c3-c3ccc4ccccc4c3)n2)cc1. The highest BCUT2D eigenvalue weighted by Gasteiger charge is 2.22. The van der Waals surface area contributed by atoms with E-state index in [0.29, 0.717) is 17.5 Å². The Bertz CT molecular complexity index is 3620. The van der Waals surface area contributed by atoms with E-state index in [1.807, 2.05) is 18.2 Å². The molecule has 59 heavy (non-hydrogen) atoms. The quantitative estimate of drug-likeness (QED) is 0.164. The molecule has 0 spiro atoms. The molecular weight excluding hydrogens is 719 g/mol. The highest BCUT2D eigenvalue weighted by Crippen LogP contribution is 2.44. The van der Waals surface area contributed by atoms with Gasteiger partial charge in [-0.1, -0.05) is 158 Å². The van der Waals surface area contributed by atoms with Gasteiger partial charge in [-0.05, 0) is 102 Å². The number of hydrogen-bond acceptors (Lipinski definition) is 4. The van der Waals surface area contributed by atoms with Crippen molar-refractivity contribution < 1.29 is 4.42 Å². The fourth-order valence-electron chi connectivity index (χ4n) is 8.73. The fourth-order valence-corrected chi connectivity index (χ4v) is 8.73. The zero-order chi connectivity index (χ0) is 38.9. The molecule has 10 aromatic carbocycles. The van der Waals surface area contributed by atoms with E-state index in [2.05, 4.69) is 182 Å². The average Bonchev–Trinajstić information content (AvgIpc) is 3.69. The predicted octanol–water partition coefficient (Wildman–Crippen LogP) is 14.7. The summed E-state index contributed by atoms with van der Waals surface area (Å²) in [7, 11) is 0. The van der Waals surface area contributed by atoms with Crippen molar-refractivity contribution in [1.82, 2.24) is 15.0 Å². The number of furan rings is 1. The normalized spacial score (nSPS) is 11.7.